The van der Waals surface area contributed by atoms with Crippen molar-refractivity contribution in [2.45, 2.75) is 57.3 Å². The molecule has 4 amide bonds. The molecule has 0 radical (unpaired) electrons. The van der Waals surface area contributed by atoms with Gasteiger partial charge in [0.25, 0.3) is 0 Å². The Bertz CT molecular complexity index is 649. The number of nitrogens with two attached hydrogens (primary N) is 2. The minimum absolute atomic E-state index is 0.134. The average molecular weight is 480 g/mol. The number of carboxylic acid groups (broad SMARTS) is 1. The van der Waals surface area contributed by atoms with Crippen molar-refractivity contribution in [3.63, 3.8) is 0 Å². The van der Waals surface area contributed by atoms with Crippen molar-refractivity contribution >= 4 is 54.0 Å². The molecule has 0 spiro atoms. The predicted molar refractivity (Wildman–Crippen MR) is 122 cm³/mol. The first kappa shape index (κ1) is 29.0. The Morgan fingerprint density at radius 3 is 1.94 bits per heavy atom. The summed E-state index contributed by atoms with van der Waals surface area (Å²) in [7, 11) is 0. The summed E-state index contributed by atoms with van der Waals surface area (Å²) >= 11 is 5.45. The summed E-state index contributed by atoms with van der Waals surface area (Å²) in [6.07, 6.45) is 1.87. The molecule has 13 heteroatoms. The van der Waals surface area contributed by atoms with E-state index < -0.39 is 60.2 Å². The fourth-order valence-electron chi connectivity index (χ4n) is 2.54. The predicted octanol–water partition coefficient (Wildman–Crippen LogP) is -1.54. The van der Waals surface area contributed by atoms with Crippen LogP contribution >= 0.6 is 24.4 Å². The molecule has 0 saturated heterocycles. The van der Waals surface area contributed by atoms with Crippen LogP contribution in [0.15, 0.2) is 0 Å². The van der Waals surface area contributed by atoms with E-state index in [9.17, 15) is 29.1 Å². The zero-order chi connectivity index (χ0) is 24.1. The topological polar surface area (TPSA) is 194 Å². The molecule has 0 aromatic rings. The van der Waals surface area contributed by atoms with Crippen LogP contribution in [0.25, 0.3) is 0 Å². The van der Waals surface area contributed by atoms with Gasteiger partial charge in [-0.2, -0.15) is 24.4 Å². The third-order valence-corrected chi connectivity index (χ3v) is 5.15. The zero-order valence-corrected chi connectivity index (χ0v) is 19.6. The number of hydrogen-bond acceptors (Lipinski definition) is 8. The van der Waals surface area contributed by atoms with Gasteiger partial charge in [0.05, 0.1) is 12.5 Å². The van der Waals surface area contributed by atoms with Gasteiger partial charge in [-0.1, -0.05) is 13.8 Å². The number of thiol groups is 1. The first-order chi connectivity index (χ1) is 14.4. The molecule has 0 aliphatic carbocycles. The second kappa shape index (κ2) is 14.9. The summed E-state index contributed by atoms with van der Waals surface area (Å²) in [6, 6.07) is -4.55. The largest absolute Gasteiger partial charge is 0.480 e. The molecular formula is C18H33N5O6S2. The van der Waals surface area contributed by atoms with Crippen LogP contribution in [-0.2, 0) is 24.0 Å². The fourth-order valence-corrected chi connectivity index (χ4v) is 3.26. The molecule has 4 atom stereocenters. The van der Waals surface area contributed by atoms with Crippen LogP contribution in [0.1, 0.15) is 33.1 Å². The minimum Gasteiger partial charge on any atom is -0.480 e. The minimum atomic E-state index is -1.34. The molecule has 0 heterocycles. The molecule has 0 aliphatic heterocycles. The number of carbonyl (C=O) groups is 5. The van der Waals surface area contributed by atoms with Gasteiger partial charge in [-0.25, -0.2) is 4.79 Å². The lowest BCUT2D eigenvalue weighted by Crippen LogP contribution is -2.58. The van der Waals surface area contributed by atoms with Gasteiger partial charge >= 0.3 is 5.97 Å². The third-order valence-electron chi connectivity index (χ3n) is 4.14. The zero-order valence-electron chi connectivity index (χ0n) is 17.9. The molecule has 0 aromatic heterocycles. The summed E-state index contributed by atoms with van der Waals surface area (Å²) in [4.78, 5) is 60.0. The fraction of sp³-hybridized carbons (Fsp3) is 0.722. The molecule has 0 saturated carbocycles. The van der Waals surface area contributed by atoms with Gasteiger partial charge in [0.1, 0.15) is 18.1 Å². The van der Waals surface area contributed by atoms with Crippen LogP contribution < -0.4 is 27.4 Å². The second-order valence-corrected chi connectivity index (χ2v) is 8.74. The lowest BCUT2D eigenvalue weighted by Gasteiger charge is -2.24. The van der Waals surface area contributed by atoms with Crippen LogP contribution in [0.2, 0.25) is 0 Å². The number of nitrogens with one attached hydrogen (secondary N) is 3. The average Bonchev–Trinajstić information content (AvgIpc) is 2.66. The van der Waals surface area contributed by atoms with Gasteiger partial charge < -0.3 is 32.5 Å². The lowest BCUT2D eigenvalue weighted by molar-refractivity contribution is -0.142. The van der Waals surface area contributed by atoms with Crippen molar-refractivity contribution in [1.82, 2.24) is 16.0 Å². The molecule has 4 unspecified atom stereocenters. The highest BCUT2D eigenvalue weighted by Crippen LogP contribution is 2.05. The van der Waals surface area contributed by atoms with Crippen LogP contribution in [-0.4, -0.2) is 76.6 Å². The van der Waals surface area contributed by atoms with E-state index in [-0.39, 0.29) is 18.1 Å². The monoisotopic (exact) mass is 479 g/mol. The Labute approximate surface area is 191 Å². The molecule has 0 aliphatic rings. The maximum absolute atomic E-state index is 12.6. The first-order valence-corrected chi connectivity index (χ1v) is 11.7. The molecular weight excluding hydrogens is 446 g/mol. The molecule has 31 heavy (non-hydrogen) atoms. The van der Waals surface area contributed by atoms with Crippen LogP contribution in [0.4, 0.5) is 0 Å². The highest BCUT2D eigenvalue weighted by Gasteiger charge is 2.30. The van der Waals surface area contributed by atoms with Crippen LogP contribution in [0.5, 0.6) is 0 Å². The number of primary amides is 1. The van der Waals surface area contributed by atoms with Crippen molar-refractivity contribution in [3.8, 4) is 0 Å². The second-order valence-electron chi connectivity index (χ2n) is 7.39. The smallest absolute Gasteiger partial charge is 0.326 e. The highest BCUT2D eigenvalue weighted by molar-refractivity contribution is 7.98. The summed E-state index contributed by atoms with van der Waals surface area (Å²) in [5.74, 6) is -3.77. The number of aliphatic carboxylic acids is 1. The van der Waals surface area contributed by atoms with Crippen LogP contribution in [0, 0.1) is 5.92 Å². The number of thioether (sulfide) groups is 1. The van der Waals surface area contributed by atoms with E-state index in [1.807, 2.05) is 13.8 Å². The van der Waals surface area contributed by atoms with E-state index in [0.717, 1.165) is 0 Å². The Morgan fingerprint density at radius 1 is 0.968 bits per heavy atom. The summed E-state index contributed by atoms with van der Waals surface area (Å²) in [5, 5.41) is 16.3. The van der Waals surface area contributed by atoms with Gasteiger partial charge in [-0.05, 0) is 30.8 Å². The van der Waals surface area contributed by atoms with E-state index in [4.69, 9.17) is 11.5 Å². The van der Waals surface area contributed by atoms with E-state index >= 15 is 0 Å². The molecule has 11 nitrogen and oxygen atoms in total. The Balaban J connectivity index is 5.21. The first-order valence-electron chi connectivity index (χ1n) is 9.70. The van der Waals surface area contributed by atoms with Crippen molar-refractivity contribution in [2.24, 2.45) is 17.4 Å². The Morgan fingerprint density at radius 2 is 1.48 bits per heavy atom. The van der Waals surface area contributed by atoms with Gasteiger partial charge in [0.15, 0.2) is 0 Å². The maximum atomic E-state index is 12.6. The molecule has 8 N–H and O–H groups in total. The van der Waals surface area contributed by atoms with Crippen LogP contribution in [0.3, 0.4) is 0 Å². The number of rotatable bonds is 15. The quantitative estimate of drug-likeness (QED) is 0.137. The van der Waals surface area contributed by atoms with Gasteiger partial charge in [-0.3, -0.25) is 19.2 Å². The van der Waals surface area contributed by atoms with E-state index in [1.54, 1.807) is 6.26 Å². The number of hydrogen-bond donors (Lipinski definition) is 7. The van der Waals surface area contributed by atoms with Crippen molar-refractivity contribution in [2.75, 3.05) is 17.8 Å². The molecule has 178 valence electrons. The number of amides is 4. The molecule has 0 aromatic carbocycles. The Hall–Kier alpha value is -1.99. The van der Waals surface area contributed by atoms with Gasteiger partial charge in [-0.15, -0.1) is 0 Å². The third kappa shape index (κ3) is 11.8. The lowest BCUT2D eigenvalue weighted by atomic mass is 10.0. The number of carboxylic acids is 1. The summed E-state index contributed by atoms with van der Waals surface area (Å²) in [5.41, 5.74) is 11.0. The normalized spacial score (nSPS) is 14.8. The summed E-state index contributed by atoms with van der Waals surface area (Å²) < 4.78 is 0. The van der Waals surface area contributed by atoms with Gasteiger partial charge in [0.2, 0.25) is 23.6 Å². The summed E-state index contributed by atoms with van der Waals surface area (Å²) in [6.45, 7) is 3.75. The van der Waals surface area contributed by atoms with Crippen molar-refractivity contribution < 1.29 is 29.1 Å². The SMILES string of the molecule is CSCCC(NC(=O)C(CS)NC(=O)C(CC(N)=O)NC(=O)C(N)CC(C)C)C(=O)O. The van der Waals surface area contributed by atoms with E-state index in [0.29, 0.717) is 12.2 Å². The molecule has 0 rings (SSSR count). The Kier molecular flexibility index (Phi) is 14.0. The number of carbonyl (C=O) groups excluding carboxylic acids is 4. The maximum Gasteiger partial charge on any atom is 0.326 e. The van der Waals surface area contributed by atoms with Crippen molar-refractivity contribution in [3.05, 3.63) is 0 Å². The molecule has 0 fully saturated rings. The highest BCUT2D eigenvalue weighted by atomic mass is 32.2. The van der Waals surface area contributed by atoms with E-state index in [2.05, 4.69) is 28.6 Å². The van der Waals surface area contributed by atoms with E-state index in [1.165, 1.54) is 11.8 Å². The van der Waals surface area contributed by atoms with Crippen molar-refractivity contribution in [1.29, 1.82) is 0 Å². The van der Waals surface area contributed by atoms with Gasteiger partial charge in [0, 0.05) is 5.75 Å². The molecule has 0 bridgehead atoms. The standard InChI is InChI=1S/C18H33N5O6S2/c1-9(2)6-10(19)15(25)22-12(7-14(20)24)16(26)23-13(8-30)17(27)21-11(18(28)29)4-5-31-3/h9-13,30H,4-8,19H2,1-3H3,(H2,20,24)(H,21,27)(H,22,25)(H,23,26)(H,28,29).